The maximum absolute atomic E-state index is 10.0. The first-order chi connectivity index (χ1) is 16.8. The van der Waals surface area contributed by atoms with Gasteiger partial charge in [0.2, 0.25) is 0 Å². The molecule has 0 heterocycles. The predicted octanol–water partition coefficient (Wildman–Crippen LogP) is 8.12. The van der Waals surface area contributed by atoms with E-state index in [0.29, 0.717) is 11.1 Å². The molecule has 0 saturated heterocycles. The van der Waals surface area contributed by atoms with Gasteiger partial charge in [-0.05, 0) is 44.8 Å². The van der Waals surface area contributed by atoms with Crippen LogP contribution >= 0.6 is 0 Å². The molecule has 158 valence electrons. The summed E-state index contributed by atoms with van der Waals surface area (Å²) in [7, 11) is 0. The molecule has 0 aliphatic heterocycles. The van der Waals surface area contributed by atoms with Crippen LogP contribution in [-0.4, -0.2) is 0 Å². The number of fused-ring (bicyclic) bond motifs is 2. The van der Waals surface area contributed by atoms with Gasteiger partial charge in [0, 0.05) is 11.1 Å². The summed E-state index contributed by atoms with van der Waals surface area (Å²) in [4.78, 5) is 0. The standard InChI is InChI=1S/C32H20N2/c33-21-27(31-17-7-13-23-9-3-5-15-29(23)31)19-25-11-1-2-12-26(25)20-28(22-34)32-18-8-14-24-10-4-6-16-30(24)32/h1-20H. The van der Waals surface area contributed by atoms with Crippen LogP contribution in [0.1, 0.15) is 22.3 Å². The second-order valence-electron chi connectivity index (χ2n) is 8.02. The molecule has 0 atom stereocenters. The van der Waals surface area contributed by atoms with Gasteiger partial charge in [-0.2, -0.15) is 10.5 Å². The fourth-order valence-corrected chi connectivity index (χ4v) is 4.35. The maximum atomic E-state index is 10.0. The van der Waals surface area contributed by atoms with Crippen molar-refractivity contribution in [2.45, 2.75) is 0 Å². The average Bonchev–Trinajstić information content (AvgIpc) is 2.90. The third-order valence-corrected chi connectivity index (χ3v) is 6.00. The smallest absolute Gasteiger partial charge is 0.0998 e. The highest BCUT2D eigenvalue weighted by atomic mass is 14.3. The van der Waals surface area contributed by atoms with Crippen molar-refractivity contribution in [2.75, 3.05) is 0 Å². The Morgan fingerprint density at radius 3 is 1.29 bits per heavy atom. The highest BCUT2D eigenvalue weighted by molar-refractivity contribution is 6.04. The summed E-state index contributed by atoms with van der Waals surface area (Å²) >= 11 is 0. The molecule has 5 aromatic carbocycles. The van der Waals surface area contributed by atoms with Crippen LogP contribution in [0.15, 0.2) is 109 Å². The normalized spacial score (nSPS) is 11.8. The Labute approximate surface area is 199 Å². The lowest BCUT2D eigenvalue weighted by Crippen LogP contribution is -1.89. The Balaban J connectivity index is 1.65. The highest BCUT2D eigenvalue weighted by Crippen LogP contribution is 2.30. The molecule has 0 spiro atoms. The zero-order chi connectivity index (χ0) is 23.3. The minimum Gasteiger partial charge on any atom is -0.192 e. The summed E-state index contributed by atoms with van der Waals surface area (Å²) in [5.41, 5.74) is 4.74. The van der Waals surface area contributed by atoms with Crippen molar-refractivity contribution in [3.05, 3.63) is 131 Å². The third-order valence-electron chi connectivity index (χ3n) is 6.00. The van der Waals surface area contributed by atoms with E-state index in [1.54, 1.807) is 0 Å². The summed E-state index contributed by atoms with van der Waals surface area (Å²) in [6.07, 6.45) is 3.82. The van der Waals surface area contributed by atoms with Crippen molar-refractivity contribution >= 4 is 44.8 Å². The van der Waals surface area contributed by atoms with E-state index in [2.05, 4.69) is 12.1 Å². The second-order valence-corrected chi connectivity index (χ2v) is 8.02. The van der Waals surface area contributed by atoms with Gasteiger partial charge < -0.3 is 0 Å². The predicted molar refractivity (Wildman–Crippen MR) is 141 cm³/mol. The van der Waals surface area contributed by atoms with E-state index < -0.39 is 0 Å². The van der Waals surface area contributed by atoms with E-state index in [0.717, 1.165) is 43.8 Å². The van der Waals surface area contributed by atoms with Gasteiger partial charge in [-0.15, -0.1) is 0 Å². The number of hydrogen-bond donors (Lipinski definition) is 0. The minimum atomic E-state index is 0.585. The van der Waals surface area contributed by atoms with Crippen molar-refractivity contribution in [3.63, 3.8) is 0 Å². The van der Waals surface area contributed by atoms with E-state index >= 15 is 0 Å². The Bertz CT molecular complexity index is 1540. The molecule has 0 saturated carbocycles. The van der Waals surface area contributed by atoms with Gasteiger partial charge in [-0.3, -0.25) is 0 Å². The molecular weight excluding hydrogens is 412 g/mol. The Morgan fingerprint density at radius 2 is 0.853 bits per heavy atom. The number of rotatable bonds is 4. The second kappa shape index (κ2) is 9.29. The molecule has 2 heteroatoms. The zero-order valence-electron chi connectivity index (χ0n) is 18.4. The number of benzene rings is 5. The minimum absolute atomic E-state index is 0.585. The summed E-state index contributed by atoms with van der Waals surface area (Å²) in [5.74, 6) is 0. The summed E-state index contributed by atoms with van der Waals surface area (Å²) < 4.78 is 0. The van der Waals surface area contributed by atoms with Gasteiger partial charge in [0.15, 0.2) is 0 Å². The number of nitrogens with zero attached hydrogens (tertiary/aromatic N) is 2. The van der Waals surface area contributed by atoms with E-state index in [4.69, 9.17) is 0 Å². The first-order valence-electron chi connectivity index (χ1n) is 11.1. The van der Waals surface area contributed by atoms with E-state index in [1.807, 2.05) is 121 Å². The lowest BCUT2D eigenvalue weighted by atomic mass is 9.94. The number of hydrogen-bond acceptors (Lipinski definition) is 2. The molecular formula is C32H20N2. The lowest BCUT2D eigenvalue weighted by molar-refractivity contribution is 1.52. The average molecular weight is 433 g/mol. The number of allylic oxidation sites excluding steroid dienone is 2. The Morgan fingerprint density at radius 1 is 0.471 bits per heavy atom. The van der Waals surface area contributed by atoms with Gasteiger partial charge in [0.1, 0.15) is 0 Å². The molecule has 0 radical (unpaired) electrons. The van der Waals surface area contributed by atoms with Crippen molar-refractivity contribution in [1.82, 2.24) is 0 Å². The van der Waals surface area contributed by atoms with Crippen LogP contribution in [0.2, 0.25) is 0 Å². The fourth-order valence-electron chi connectivity index (χ4n) is 4.35. The van der Waals surface area contributed by atoms with Gasteiger partial charge in [-0.25, -0.2) is 0 Å². The maximum Gasteiger partial charge on any atom is 0.0998 e. The SMILES string of the molecule is N#CC(=Cc1ccccc1C=C(C#N)c1cccc2ccccc12)c1cccc2ccccc12. The van der Waals surface area contributed by atoms with Crippen LogP contribution in [0.5, 0.6) is 0 Å². The van der Waals surface area contributed by atoms with Gasteiger partial charge in [0.25, 0.3) is 0 Å². The lowest BCUT2D eigenvalue weighted by Gasteiger charge is -2.08. The molecule has 5 aromatic rings. The quantitative estimate of drug-likeness (QED) is 0.213. The van der Waals surface area contributed by atoms with Gasteiger partial charge >= 0.3 is 0 Å². The molecule has 0 aliphatic carbocycles. The van der Waals surface area contributed by atoms with Gasteiger partial charge in [-0.1, -0.05) is 109 Å². The molecule has 0 fully saturated rings. The molecule has 5 rings (SSSR count). The number of nitriles is 2. The van der Waals surface area contributed by atoms with Gasteiger partial charge in [0.05, 0.1) is 23.3 Å². The largest absolute Gasteiger partial charge is 0.192 e. The van der Waals surface area contributed by atoms with Crippen LogP contribution in [0, 0.1) is 22.7 Å². The molecule has 0 amide bonds. The molecule has 0 unspecified atom stereocenters. The van der Waals surface area contributed by atoms with Crippen molar-refractivity contribution < 1.29 is 0 Å². The van der Waals surface area contributed by atoms with Crippen LogP contribution in [-0.2, 0) is 0 Å². The molecule has 0 aromatic heterocycles. The van der Waals surface area contributed by atoms with Crippen LogP contribution < -0.4 is 0 Å². The fraction of sp³-hybridized carbons (Fsp3) is 0. The summed E-state index contributed by atoms with van der Waals surface area (Å²) in [6, 6.07) is 40.8. The van der Waals surface area contributed by atoms with Crippen molar-refractivity contribution in [3.8, 4) is 12.1 Å². The Kier molecular flexibility index (Phi) is 5.73. The molecule has 2 nitrogen and oxygen atoms in total. The van der Waals surface area contributed by atoms with Crippen molar-refractivity contribution in [1.29, 1.82) is 10.5 Å². The molecule has 34 heavy (non-hydrogen) atoms. The zero-order valence-corrected chi connectivity index (χ0v) is 18.4. The van der Waals surface area contributed by atoms with E-state index in [9.17, 15) is 10.5 Å². The molecule has 0 aliphatic rings. The monoisotopic (exact) mass is 432 g/mol. The van der Waals surface area contributed by atoms with Crippen LogP contribution in [0.3, 0.4) is 0 Å². The van der Waals surface area contributed by atoms with Crippen LogP contribution in [0.4, 0.5) is 0 Å². The van der Waals surface area contributed by atoms with Crippen molar-refractivity contribution in [2.24, 2.45) is 0 Å². The first-order valence-corrected chi connectivity index (χ1v) is 11.1. The summed E-state index contributed by atoms with van der Waals surface area (Å²) in [6.45, 7) is 0. The van der Waals surface area contributed by atoms with E-state index in [-0.39, 0.29) is 0 Å². The van der Waals surface area contributed by atoms with Crippen LogP contribution in [0.25, 0.3) is 44.8 Å². The first kappa shape index (κ1) is 21.0. The third kappa shape index (κ3) is 3.97. The van der Waals surface area contributed by atoms with E-state index in [1.165, 1.54) is 0 Å². The molecule has 0 bridgehead atoms. The topological polar surface area (TPSA) is 47.6 Å². The summed E-state index contributed by atoms with van der Waals surface area (Å²) in [5, 5.41) is 24.3. The molecule has 0 N–H and O–H groups in total. The highest BCUT2D eigenvalue weighted by Gasteiger charge is 2.10. The Hall–Kier alpha value is -4.92.